The van der Waals surface area contributed by atoms with Gasteiger partial charge >= 0.3 is 0 Å². The molecule has 2 aromatic carbocycles. The van der Waals surface area contributed by atoms with Crippen molar-refractivity contribution in [2.45, 2.75) is 96.3 Å². The van der Waals surface area contributed by atoms with Crippen LogP contribution in [0.4, 0.5) is 13.2 Å². The molecule has 0 radical (unpaired) electrons. The molecule has 4 rings (SSSR count). The molecule has 184 valence electrons. The molecular formula is C31H39F3. The van der Waals surface area contributed by atoms with E-state index in [2.05, 4.69) is 13.0 Å². The van der Waals surface area contributed by atoms with Gasteiger partial charge in [-0.25, -0.2) is 13.2 Å². The highest BCUT2D eigenvalue weighted by molar-refractivity contribution is 5.50. The minimum atomic E-state index is -0.612. The Morgan fingerprint density at radius 3 is 1.88 bits per heavy atom. The van der Waals surface area contributed by atoms with Gasteiger partial charge in [-0.2, -0.15) is 0 Å². The first kappa shape index (κ1) is 25.1. The Morgan fingerprint density at radius 1 is 0.765 bits per heavy atom. The Labute approximate surface area is 203 Å². The molecule has 0 saturated heterocycles. The molecule has 0 atom stereocenters. The number of aryl methyl sites for hydroxylation is 1. The summed E-state index contributed by atoms with van der Waals surface area (Å²) in [4.78, 5) is 0. The van der Waals surface area contributed by atoms with Gasteiger partial charge in [0.15, 0.2) is 11.6 Å². The number of rotatable bonds is 7. The fourth-order valence-electron chi connectivity index (χ4n) is 6.20. The third-order valence-corrected chi connectivity index (χ3v) is 8.36. The van der Waals surface area contributed by atoms with Crippen LogP contribution in [0.1, 0.15) is 112 Å². The topological polar surface area (TPSA) is 0 Å². The van der Waals surface area contributed by atoms with Crippen molar-refractivity contribution in [2.75, 3.05) is 0 Å². The Bertz CT molecular complexity index is 976. The zero-order valence-electron chi connectivity index (χ0n) is 20.8. The van der Waals surface area contributed by atoms with E-state index in [1.165, 1.54) is 12.8 Å². The summed E-state index contributed by atoms with van der Waals surface area (Å²) in [6, 6.07) is 9.14. The van der Waals surface area contributed by atoms with E-state index in [9.17, 15) is 4.39 Å². The Kier molecular flexibility index (Phi) is 8.55. The van der Waals surface area contributed by atoms with Crippen LogP contribution in [0, 0.1) is 29.3 Å². The maximum absolute atomic E-state index is 15.1. The molecule has 0 nitrogen and oxygen atoms in total. The van der Waals surface area contributed by atoms with Gasteiger partial charge in [-0.1, -0.05) is 63.1 Å². The van der Waals surface area contributed by atoms with Crippen molar-refractivity contribution in [3.05, 3.63) is 76.1 Å². The average Bonchev–Trinajstić information content (AvgIpc) is 2.86. The predicted octanol–water partition coefficient (Wildman–Crippen LogP) is 9.73. The maximum atomic E-state index is 15.1. The van der Waals surface area contributed by atoms with Crippen LogP contribution in [0.3, 0.4) is 0 Å². The van der Waals surface area contributed by atoms with E-state index >= 15 is 8.78 Å². The van der Waals surface area contributed by atoms with Crippen LogP contribution in [-0.4, -0.2) is 0 Å². The van der Waals surface area contributed by atoms with E-state index in [0.717, 1.165) is 68.4 Å². The van der Waals surface area contributed by atoms with E-state index < -0.39 is 11.6 Å². The second-order valence-corrected chi connectivity index (χ2v) is 10.6. The molecule has 0 amide bonds. The van der Waals surface area contributed by atoms with Crippen molar-refractivity contribution in [1.82, 2.24) is 0 Å². The number of halogens is 3. The summed E-state index contributed by atoms with van der Waals surface area (Å²) in [6.45, 7) is 4.17. The highest BCUT2D eigenvalue weighted by Crippen LogP contribution is 2.42. The lowest BCUT2D eigenvalue weighted by Crippen LogP contribution is -2.17. The molecule has 2 saturated carbocycles. The summed E-state index contributed by atoms with van der Waals surface area (Å²) in [5, 5.41) is 0. The first-order chi connectivity index (χ1) is 16.5. The lowest BCUT2D eigenvalue weighted by Gasteiger charge is -2.30. The summed E-state index contributed by atoms with van der Waals surface area (Å²) in [5.74, 6) is 0.0320. The highest BCUT2D eigenvalue weighted by Gasteiger charge is 2.29. The minimum absolute atomic E-state index is 0.0785. The molecule has 3 heteroatoms. The van der Waals surface area contributed by atoms with Gasteiger partial charge in [0, 0.05) is 0 Å². The molecule has 0 aromatic heterocycles. The van der Waals surface area contributed by atoms with Gasteiger partial charge in [0.25, 0.3) is 0 Å². The van der Waals surface area contributed by atoms with Gasteiger partial charge in [0.05, 0.1) is 0 Å². The van der Waals surface area contributed by atoms with Crippen molar-refractivity contribution in [3.63, 3.8) is 0 Å². The zero-order chi connectivity index (χ0) is 24.1. The van der Waals surface area contributed by atoms with Crippen molar-refractivity contribution >= 4 is 6.08 Å². The van der Waals surface area contributed by atoms with Crippen LogP contribution in [0.15, 0.2) is 36.4 Å². The van der Waals surface area contributed by atoms with Crippen molar-refractivity contribution in [2.24, 2.45) is 11.8 Å². The summed E-state index contributed by atoms with van der Waals surface area (Å²) < 4.78 is 44.3. The third-order valence-electron chi connectivity index (χ3n) is 8.36. The molecule has 2 aliphatic carbocycles. The maximum Gasteiger partial charge on any atom is 0.162 e. The standard InChI is InChI=1S/C31H39F3/c1-3-5-21-8-14-25(15-9-21)27-18-19-28(31(34)30(27)33)26-16-10-22(11-17-26)6-7-23-12-13-24(4-2)29(32)20-23/h6-7,12-13,18-22,25-26H,3-5,8-11,14-17H2,1-2H3. The number of hydrogen-bond acceptors (Lipinski definition) is 0. The number of hydrogen-bond donors (Lipinski definition) is 0. The first-order valence-corrected chi connectivity index (χ1v) is 13.4. The molecule has 0 unspecified atom stereocenters. The lowest BCUT2D eigenvalue weighted by atomic mass is 9.75. The monoisotopic (exact) mass is 468 g/mol. The van der Waals surface area contributed by atoms with E-state index in [-0.39, 0.29) is 17.7 Å². The van der Waals surface area contributed by atoms with Crippen LogP contribution >= 0.6 is 0 Å². The molecule has 2 fully saturated rings. The highest BCUT2D eigenvalue weighted by atomic mass is 19.2. The molecule has 0 spiro atoms. The van der Waals surface area contributed by atoms with Crippen molar-refractivity contribution in [3.8, 4) is 0 Å². The van der Waals surface area contributed by atoms with Crippen LogP contribution in [0.5, 0.6) is 0 Å². The van der Waals surface area contributed by atoms with Crippen LogP contribution in [0.25, 0.3) is 6.08 Å². The van der Waals surface area contributed by atoms with E-state index in [1.54, 1.807) is 6.07 Å². The Hall–Kier alpha value is -2.03. The summed E-state index contributed by atoms with van der Waals surface area (Å²) in [6.07, 6.45) is 15.1. The fraction of sp³-hybridized carbons (Fsp3) is 0.548. The Balaban J connectivity index is 1.35. The Morgan fingerprint density at radius 2 is 1.35 bits per heavy atom. The van der Waals surface area contributed by atoms with Crippen LogP contribution in [0.2, 0.25) is 0 Å². The van der Waals surface area contributed by atoms with Gasteiger partial charge in [0.2, 0.25) is 0 Å². The SMILES string of the molecule is CCCC1CCC(c2ccc(C3CCC(C=Cc4ccc(CC)c(F)c4)CC3)c(F)c2F)CC1. The number of benzene rings is 2. The molecule has 0 N–H and O–H groups in total. The molecule has 2 aliphatic rings. The number of allylic oxidation sites excluding steroid dienone is 1. The predicted molar refractivity (Wildman–Crippen MR) is 135 cm³/mol. The molecular weight excluding hydrogens is 429 g/mol. The summed E-state index contributed by atoms with van der Waals surface area (Å²) >= 11 is 0. The van der Waals surface area contributed by atoms with E-state index in [4.69, 9.17) is 0 Å². The zero-order valence-corrected chi connectivity index (χ0v) is 20.8. The van der Waals surface area contributed by atoms with E-state index in [1.807, 2.05) is 37.3 Å². The van der Waals surface area contributed by atoms with Crippen molar-refractivity contribution < 1.29 is 13.2 Å². The molecule has 2 aromatic rings. The van der Waals surface area contributed by atoms with Crippen LogP contribution < -0.4 is 0 Å². The van der Waals surface area contributed by atoms with E-state index in [0.29, 0.717) is 23.5 Å². The molecule has 0 aliphatic heterocycles. The second kappa shape index (κ2) is 11.6. The third kappa shape index (κ3) is 5.78. The van der Waals surface area contributed by atoms with Gasteiger partial charge in [-0.3, -0.25) is 0 Å². The molecule has 34 heavy (non-hydrogen) atoms. The smallest absolute Gasteiger partial charge is 0.162 e. The van der Waals surface area contributed by atoms with Gasteiger partial charge in [-0.15, -0.1) is 0 Å². The first-order valence-electron chi connectivity index (χ1n) is 13.4. The normalized spacial score (nSPS) is 25.7. The second-order valence-electron chi connectivity index (χ2n) is 10.6. The quantitative estimate of drug-likeness (QED) is 0.379. The summed E-state index contributed by atoms with van der Waals surface area (Å²) in [7, 11) is 0. The van der Waals surface area contributed by atoms with Gasteiger partial charge in [0.1, 0.15) is 5.82 Å². The lowest BCUT2D eigenvalue weighted by molar-refractivity contribution is 0.302. The average molecular weight is 469 g/mol. The van der Waals surface area contributed by atoms with Gasteiger partial charge < -0.3 is 0 Å². The largest absolute Gasteiger partial charge is 0.207 e. The molecule has 0 heterocycles. The van der Waals surface area contributed by atoms with Crippen LogP contribution in [-0.2, 0) is 6.42 Å². The minimum Gasteiger partial charge on any atom is -0.207 e. The van der Waals surface area contributed by atoms with Gasteiger partial charge in [-0.05, 0) is 110 Å². The summed E-state index contributed by atoms with van der Waals surface area (Å²) in [5.41, 5.74) is 2.76. The fourth-order valence-corrected chi connectivity index (χ4v) is 6.20. The molecule has 0 bridgehead atoms. The van der Waals surface area contributed by atoms with Crippen molar-refractivity contribution in [1.29, 1.82) is 0 Å².